The van der Waals surface area contributed by atoms with E-state index < -0.39 is 5.63 Å². The summed E-state index contributed by atoms with van der Waals surface area (Å²) >= 11 is 22.0. The highest BCUT2D eigenvalue weighted by Crippen LogP contribution is 2.40. The molecule has 0 N–H and O–H groups in total. The number of halogens is 4. The smallest absolute Gasteiger partial charge is 0.344 e. The Balaban J connectivity index is 2.17. The summed E-state index contributed by atoms with van der Waals surface area (Å²) in [7, 11) is 0. The van der Waals surface area contributed by atoms with E-state index in [1.807, 2.05) is 24.3 Å². The molecule has 1 aromatic heterocycles. The molecule has 1 heterocycles. The molecule has 0 bridgehead atoms. The normalized spacial score (nSPS) is 11.1. The molecular weight excluding hydrogens is 470 g/mol. The molecule has 0 spiro atoms. The molecule has 0 aliphatic heterocycles. The predicted molar refractivity (Wildman–Crippen MR) is 116 cm³/mol. The Hall–Kier alpha value is -1.78. The van der Waals surface area contributed by atoms with Gasteiger partial charge in [0.1, 0.15) is 5.58 Å². The molecule has 0 saturated heterocycles. The van der Waals surface area contributed by atoms with Crippen LogP contribution in [0.15, 0.2) is 74.3 Å². The van der Waals surface area contributed by atoms with E-state index in [0.717, 1.165) is 21.0 Å². The quantitative estimate of drug-likeness (QED) is 0.274. The zero-order chi connectivity index (χ0) is 19.1. The van der Waals surface area contributed by atoms with Crippen molar-refractivity contribution in [3.05, 3.63) is 90.6 Å². The standard InChI is InChI=1S/C21H10BrCl3O2/c22-12-3-8-18-16(9-12)19(11-1-4-13(23)5-2-11)20(21(26)27-18)15-7-6-14(24)10-17(15)25/h1-10H. The molecule has 4 aromatic rings. The number of rotatable bonds is 2. The third-order valence-corrected chi connectivity index (χ3v) is 5.49. The van der Waals surface area contributed by atoms with Gasteiger partial charge in [0.05, 0.1) is 10.6 Å². The van der Waals surface area contributed by atoms with Crippen molar-refractivity contribution in [3.8, 4) is 22.3 Å². The lowest BCUT2D eigenvalue weighted by Gasteiger charge is -2.14. The van der Waals surface area contributed by atoms with Crippen LogP contribution in [0.1, 0.15) is 0 Å². The highest BCUT2D eigenvalue weighted by atomic mass is 79.9. The van der Waals surface area contributed by atoms with Crippen LogP contribution in [0.4, 0.5) is 0 Å². The second kappa shape index (κ2) is 7.33. The second-order valence-electron chi connectivity index (χ2n) is 5.91. The van der Waals surface area contributed by atoms with Crippen LogP contribution in [-0.4, -0.2) is 0 Å². The Morgan fingerprint density at radius 2 is 1.48 bits per heavy atom. The average molecular weight is 481 g/mol. The topological polar surface area (TPSA) is 30.2 Å². The van der Waals surface area contributed by atoms with Gasteiger partial charge in [-0.2, -0.15) is 0 Å². The van der Waals surface area contributed by atoms with Crippen molar-refractivity contribution in [3.63, 3.8) is 0 Å². The van der Waals surface area contributed by atoms with Crippen molar-refractivity contribution in [1.82, 2.24) is 0 Å². The minimum absolute atomic E-state index is 0.374. The van der Waals surface area contributed by atoms with Crippen LogP contribution in [0.5, 0.6) is 0 Å². The molecule has 0 radical (unpaired) electrons. The predicted octanol–water partition coefficient (Wildman–Crippen LogP) is 7.85. The molecule has 2 nitrogen and oxygen atoms in total. The van der Waals surface area contributed by atoms with Crippen molar-refractivity contribution in [2.75, 3.05) is 0 Å². The van der Waals surface area contributed by atoms with Crippen LogP contribution >= 0.6 is 50.7 Å². The Bertz CT molecular complexity index is 1230. The van der Waals surface area contributed by atoms with E-state index in [1.165, 1.54) is 0 Å². The molecule has 134 valence electrons. The van der Waals surface area contributed by atoms with Crippen LogP contribution in [-0.2, 0) is 0 Å². The zero-order valence-corrected chi connectivity index (χ0v) is 17.5. The Morgan fingerprint density at radius 3 is 2.19 bits per heavy atom. The highest BCUT2D eigenvalue weighted by molar-refractivity contribution is 9.10. The van der Waals surface area contributed by atoms with Crippen LogP contribution in [0.2, 0.25) is 15.1 Å². The zero-order valence-electron chi connectivity index (χ0n) is 13.6. The third kappa shape index (κ3) is 3.53. The maximum atomic E-state index is 12.9. The summed E-state index contributed by atoms with van der Waals surface area (Å²) in [5.74, 6) is 0. The van der Waals surface area contributed by atoms with Gasteiger partial charge < -0.3 is 4.42 Å². The van der Waals surface area contributed by atoms with Gasteiger partial charge in [-0.05, 0) is 48.0 Å². The second-order valence-corrected chi connectivity index (χ2v) is 8.11. The number of hydrogen-bond acceptors (Lipinski definition) is 2. The van der Waals surface area contributed by atoms with Gasteiger partial charge in [0.25, 0.3) is 0 Å². The lowest BCUT2D eigenvalue weighted by atomic mass is 9.93. The van der Waals surface area contributed by atoms with Crippen LogP contribution < -0.4 is 5.63 Å². The van der Waals surface area contributed by atoms with E-state index in [-0.39, 0.29) is 0 Å². The first kappa shape index (κ1) is 18.6. The van der Waals surface area contributed by atoms with Crippen LogP contribution in [0, 0.1) is 0 Å². The minimum Gasteiger partial charge on any atom is -0.422 e. The number of hydrogen-bond donors (Lipinski definition) is 0. The fraction of sp³-hybridized carbons (Fsp3) is 0. The van der Waals surface area contributed by atoms with E-state index in [1.54, 1.807) is 36.4 Å². The van der Waals surface area contributed by atoms with Gasteiger partial charge in [-0.15, -0.1) is 0 Å². The van der Waals surface area contributed by atoms with Gasteiger partial charge >= 0.3 is 5.63 Å². The summed E-state index contributed by atoms with van der Waals surface area (Å²) in [4.78, 5) is 12.9. The maximum Gasteiger partial charge on any atom is 0.344 e. The number of benzene rings is 3. The van der Waals surface area contributed by atoms with Gasteiger partial charge in [0.2, 0.25) is 0 Å². The lowest BCUT2D eigenvalue weighted by molar-refractivity contribution is 0.564. The largest absolute Gasteiger partial charge is 0.422 e. The van der Waals surface area contributed by atoms with E-state index >= 15 is 0 Å². The number of fused-ring (bicyclic) bond motifs is 1. The van der Waals surface area contributed by atoms with Crippen molar-refractivity contribution < 1.29 is 4.42 Å². The van der Waals surface area contributed by atoms with Crippen molar-refractivity contribution in [2.24, 2.45) is 0 Å². The average Bonchev–Trinajstić information content (AvgIpc) is 2.63. The minimum atomic E-state index is -0.473. The summed E-state index contributed by atoms with van der Waals surface area (Å²) in [6.07, 6.45) is 0. The van der Waals surface area contributed by atoms with Crippen molar-refractivity contribution in [1.29, 1.82) is 0 Å². The molecule has 27 heavy (non-hydrogen) atoms. The van der Waals surface area contributed by atoms with Gasteiger partial charge in [-0.1, -0.05) is 68.9 Å². The molecule has 0 aliphatic rings. The maximum absolute atomic E-state index is 12.9. The SMILES string of the molecule is O=c1oc2ccc(Br)cc2c(-c2ccc(Cl)cc2)c1-c1ccc(Cl)cc1Cl. The lowest BCUT2D eigenvalue weighted by Crippen LogP contribution is -2.06. The third-order valence-electron chi connectivity index (χ3n) is 4.20. The summed E-state index contributed by atoms with van der Waals surface area (Å²) in [6, 6.07) is 17.8. The first-order chi connectivity index (χ1) is 12.9. The molecule has 0 unspecified atom stereocenters. The Labute approximate surface area is 178 Å². The Morgan fingerprint density at radius 1 is 0.778 bits per heavy atom. The van der Waals surface area contributed by atoms with Gasteiger partial charge in [-0.25, -0.2) is 4.79 Å². The summed E-state index contributed by atoms with van der Waals surface area (Å²) in [6.45, 7) is 0. The molecule has 3 aromatic carbocycles. The van der Waals surface area contributed by atoms with E-state index in [0.29, 0.717) is 31.8 Å². The first-order valence-corrected chi connectivity index (χ1v) is 9.84. The highest BCUT2D eigenvalue weighted by Gasteiger charge is 2.20. The molecule has 0 aliphatic carbocycles. The fourth-order valence-corrected chi connectivity index (χ4v) is 4.02. The molecule has 0 amide bonds. The van der Waals surface area contributed by atoms with Gasteiger partial charge in [0.15, 0.2) is 0 Å². The summed E-state index contributed by atoms with van der Waals surface area (Å²) in [5, 5.41) is 2.26. The van der Waals surface area contributed by atoms with E-state index in [9.17, 15) is 4.79 Å². The summed E-state index contributed by atoms with van der Waals surface area (Å²) < 4.78 is 6.45. The van der Waals surface area contributed by atoms with Gasteiger partial charge in [0, 0.05) is 31.0 Å². The Kier molecular flexibility index (Phi) is 5.04. The molecular formula is C21H10BrCl3O2. The fourth-order valence-electron chi connectivity index (χ4n) is 3.03. The molecule has 0 atom stereocenters. The van der Waals surface area contributed by atoms with Crippen LogP contribution in [0.3, 0.4) is 0 Å². The van der Waals surface area contributed by atoms with Crippen molar-refractivity contribution >= 4 is 61.7 Å². The molecule has 4 rings (SSSR count). The molecule has 6 heteroatoms. The van der Waals surface area contributed by atoms with Gasteiger partial charge in [-0.3, -0.25) is 0 Å². The molecule has 0 saturated carbocycles. The first-order valence-electron chi connectivity index (χ1n) is 7.92. The monoisotopic (exact) mass is 478 g/mol. The van der Waals surface area contributed by atoms with Crippen molar-refractivity contribution in [2.45, 2.75) is 0 Å². The van der Waals surface area contributed by atoms with Crippen LogP contribution in [0.25, 0.3) is 33.2 Å². The molecule has 0 fully saturated rings. The van der Waals surface area contributed by atoms with E-state index in [2.05, 4.69) is 15.9 Å². The van der Waals surface area contributed by atoms with E-state index in [4.69, 9.17) is 39.2 Å². The summed E-state index contributed by atoms with van der Waals surface area (Å²) in [5.41, 5.74) is 2.51.